The van der Waals surface area contributed by atoms with Crippen LogP contribution in [0.1, 0.15) is 32.8 Å². The normalized spacial score (nSPS) is 12.1. The third-order valence-corrected chi connectivity index (χ3v) is 8.07. The number of nitrogens with zero attached hydrogens (tertiary/aromatic N) is 2. The fraction of sp³-hybridized carbons (Fsp3) is 0.310. The summed E-state index contributed by atoms with van der Waals surface area (Å²) in [7, 11) is -4.11. The van der Waals surface area contributed by atoms with Gasteiger partial charge in [-0.05, 0) is 68.7 Å². The van der Waals surface area contributed by atoms with Crippen LogP contribution in [0.15, 0.2) is 89.8 Å². The van der Waals surface area contributed by atoms with Crippen molar-refractivity contribution in [1.29, 1.82) is 0 Å². The highest BCUT2D eigenvalue weighted by Crippen LogP contribution is 2.25. The Hall–Kier alpha value is -3.36. The van der Waals surface area contributed by atoms with E-state index < -0.39 is 28.5 Å². The molecule has 0 aliphatic rings. The molecule has 9 heteroatoms. The molecule has 1 N–H and O–H groups in total. The third-order valence-electron chi connectivity index (χ3n) is 6.03. The van der Waals surface area contributed by atoms with Crippen LogP contribution in [-0.2, 0) is 26.0 Å². The fourth-order valence-corrected chi connectivity index (χ4v) is 5.67. The van der Waals surface area contributed by atoms with Crippen molar-refractivity contribution in [2.45, 2.75) is 50.6 Å². The Morgan fingerprint density at radius 3 is 2.03 bits per heavy atom. The standard InChI is InChI=1S/C29H34ClN3O4S/c1-4-27(29(35)31-22(2)3)32(20-19-23-11-7-5-8-12-23)28(34)21-33(25-13-9-6-10-14-25)38(36,37)26-17-15-24(30)16-18-26/h5-18,22,27H,4,19-21H2,1-3H3,(H,31,35). The predicted octanol–water partition coefficient (Wildman–Crippen LogP) is 4.91. The van der Waals surface area contributed by atoms with Gasteiger partial charge >= 0.3 is 0 Å². The maximum Gasteiger partial charge on any atom is 0.264 e. The van der Waals surface area contributed by atoms with E-state index in [1.165, 1.54) is 29.2 Å². The van der Waals surface area contributed by atoms with Gasteiger partial charge in [0, 0.05) is 17.6 Å². The largest absolute Gasteiger partial charge is 0.352 e. The quantitative estimate of drug-likeness (QED) is 0.344. The number of rotatable bonds is 12. The molecule has 3 aromatic rings. The number of carbonyl (C=O) groups is 2. The number of para-hydroxylation sites is 1. The van der Waals surface area contributed by atoms with E-state index in [4.69, 9.17) is 11.6 Å². The molecule has 0 aliphatic carbocycles. The average Bonchev–Trinajstić information content (AvgIpc) is 2.90. The summed E-state index contributed by atoms with van der Waals surface area (Å²) < 4.78 is 28.6. The zero-order chi connectivity index (χ0) is 27.7. The summed E-state index contributed by atoms with van der Waals surface area (Å²) in [6.07, 6.45) is 0.904. The molecule has 0 saturated heterocycles. The molecule has 0 saturated carbocycles. The van der Waals surface area contributed by atoms with Crippen LogP contribution < -0.4 is 9.62 Å². The number of halogens is 1. The molecule has 0 heterocycles. The van der Waals surface area contributed by atoms with Crippen molar-refractivity contribution in [2.75, 3.05) is 17.4 Å². The summed E-state index contributed by atoms with van der Waals surface area (Å²) in [4.78, 5) is 28.5. The summed E-state index contributed by atoms with van der Waals surface area (Å²) >= 11 is 5.98. The van der Waals surface area contributed by atoms with Gasteiger partial charge in [0.2, 0.25) is 11.8 Å². The minimum absolute atomic E-state index is 0.0129. The number of sulfonamides is 1. The number of hydrogen-bond acceptors (Lipinski definition) is 4. The molecule has 0 aromatic heterocycles. The van der Waals surface area contributed by atoms with Gasteiger partial charge < -0.3 is 10.2 Å². The van der Waals surface area contributed by atoms with Gasteiger partial charge in [-0.15, -0.1) is 0 Å². The number of anilines is 1. The minimum atomic E-state index is -4.11. The second-order valence-corrected chi connectivity index (χ2v) is 11.5. The third kappa shape index (κ3) is 7.58. The van der Waals surface area contributed by atoms with Gasteiger partial charge in [0.25, 0.3) is 10.0 Å². The number of carbonyl (C=O) groups excluding carboxylic acids is 2. The summed E-state index contributed by atoms with van der Waals surface area (Å²) in [5.74, 6) is -0.733. The van der Waals surface area contributed by atoms with Crippen molar-refractivity contribution in [1.82, 2.24) is 10.2 Å². The van der Waals surface area contributed by atoms with Gasteiger partial charge in [-0.2, -0.15) is 0 Å². The predicted molar refractivity (Wildman–Crippen MR) is 152 cm³/mol. The summed E-state index contributed by atoms with van der Waals surface area (Å²) in [5.41, 5.74) is 1.36. The average molecular weight is 556 g/mol. The maximum absolute atomic E-state index is 13.9. The second kappa shape index (κ2) is 13.4. The van der Waals surface area contributed by atoms with Gasteiger partial charge in [-0.25, -0.2) is 8.42 Å². The minimum Gasteiger partial charge on any atom is -0.352 e. The van der Waals surface area contributed by atoms with Crippen LogP contribution in [0.5, 0.6) is 0 Å². The molecule has 7 nitrogen and oxygen atoms in total. The van der Waals surface area contributed by atoms with E-state index in [2.05, 4.69) is 5.32 Å². The zero-order valence-corrected chi connectivity index (χ0v) is 23.5. The Labute approximate surface area is 230 Å². The maximum atomic E-state index is 13.9. The van der Waals surface area contributed by atoms with Crippen molar-refractivity contribution < 1.29 is 18.0 Å². The molecule has 0 aliphatic heterocycles. The molecule has 3 rings (SSSR count). The second-order valence-electron chi connectivity index (χ2n) is 9.21. The van der Waals surface area contributed by atoms with Crippen LogP contribution in [0, 0.1) is 0 Å². The van der Waals surface area contributed by atoms with Crippen molar-refractivity contribution in [3.63, 3.8) is 0 Å². The Kier molecular flexibility index (Phi) is 10.3. The van der Waals surface area contributed by atoms with Gasteiger partial charge in [0.15, 0.2) is 0 Å². The van der Waals surface area contributed by atoms with E-state index in [0.29, 0.717) is 23.6 Å². The summed E-state index contributed by atoms with van der Waals surface area (Å²) in [5, 5.41) is 3.30. The molecular formula is C29H34ClN3O4S. The van der Waals surface area contributed by atoms with Gasteiger partial charge in [-0.3, -0.25) is 13.9 Å². The van der Waals surface area contributed by atoms with Crippen LogP contribution in [0.25, 0.3) is 0 Å². The van der Waals surface area contributed by atoms with Crippen molar-refractivity contribution in [2.24, 2.45) is 0 Å². The molecule has 0 spiro atoms. The molecule has 1 atom stereocenters. The number of nitrogens with one attached hydrogen (secondary N) is 1. The van der Waals surface area contributed by atoms with Crippen molar-refractivity contribution >= 4 is 39.1 Å². The van der Waals surface area contributed by atoms with Crippen molar-refractivity contribution in [3.05, 3.63) is 95.5 Å². The van der Waals surface area contributed by atoms with Gasteiger partial charge in [0.1, 0.15) is 12.6 Å². The van der Waals surface area contributed by atoms with Gasteiger partial charge in [0.05, 0.1) is 10.6 Å². The first kappa shape index (κ1) is 29.2. The Balaban J connectivity index is 1.98. The first-order chi connectivity index (χ1) is 18.1. The molecule has 0 bridgehead atoms. The first-order valence-electron chi connectivity index (χ1n) is 12.6. The molecule has 3 aromatic carbocycles. The van der Waals surface area contributed by atoms with Gasteiger partial charge in [-0.1, -0.05) is 67.1 Å². The van der Waals surface area contributed by atoms with E-state index in [9.17, 15) is 18.0 Å². The lowest BCUT2D eigenvalue weighted by atomic mass is 10.1. The number of hydrogen-bond donors (Lipinski definition) is 1. The molecule has 0 fully saturated rings. The first-order valence-corrected chi connectivity index (χ1v) is 14.4. The summed E-state index contributed by atoms with van der Waals surface area (Å²) in [6.45, 7) is 5.35. The number of benzene rings is 3. The molecule has 202 valence electrons. The highest BCUT2D eigenvalue weighted by molar-refractivity contribution is 7.92. The lowest BCUT2D eigenvalue weighted by molar-refractivity contribution is -0.139. The summed E-state index contributed by atoms with van der Waals surface area (Å²) in [6, 6.07) is 23.1. The SMILES string of the molecule is CCC(C(=O)NC(C)C)N(CCc1ccccc1)C(=O)CN(c1ccccc1)S(=O)(=O)c1ccc(Cl)cc1. The van der Waals surface area contributed by atoms with Crippen LogP contribution in [-0.4, -0.2) is 50.3 Å². The lowest BCUT2D eigenvalue weighted by Crippen LogP contribution is -2.54. The number of amides is 2. The smallest absolute Gasteiger partial charge is 0.264 e. The Bertz CT molecular complexity index is 1300. The Morgan fingerprint density at radius 2 is 1.47 bits per heavy atom. The Morgan fingerprint density at radius 1 is 0.895 bits per heavy atom. The highest BCUT2D eigenvalue weighted by Gasteiger charge is 2.33. The highest BCUT2D eigenvalue weighted by atomic mass is 35.5. The zero-order valence-electron chi connectivity index (χ0n) is 21.9. The fourth-order valence-electron chi connectivity index (χ4n) is 4.13. The van der Waals surface area contributed by atoms with Crippen LogP contribution in [0.3, 0.4) is 0 Å². The molecule has 0 radical (unpaired) electrons. The van der Waals surface area contributed by atoms with E-state index in [1.54, 1.807) is 30.3 Å². The van der Waals surface area contributed by atoms with E-state index >= 15 is 0 Å². The molecular weight excluding hydrogens is 522 g/mol. The van der Waals surface area contributed by atoms with Crippen LogP contribution >= 0.6 is 11.6 Å². The van der Waals surface area contributed by atoms with Crippen LogP contribution in [0.2, 0.25) is 5.02 Å². The van der Waals surface area contributed by atoms with Crippen LogP contribution in [0.4, 0.5) is 5.69 Å². The van der Waals surface area contributed by atoms with E-state index in [1.807, 2.05) is 51.1 Å². The van der Waals surface area contributed by atoms with E-state index in [-0.39, 0.29) is 23.4 Å². The molecule has 2 amide bonds. The molecule has 1 unspecified atom stereocenters. The molecule has 38 heavy (non-hydrogen) atoms. The van der Waals surface area contributed by atoms with E-state index in [0.717, 1.165) is 9.87 Å². The monoisotopic (exact) mass is 555 g/mol. The lowest BCUT2D eigenvalue weighted by Gasteiger charge is -2.33. The topological polar surface area (TPSA) is 86.8 Å². The van der Waals surface area contributed by atoms with Crippen molar-refractivity contribution in [3.8, 4) is 0 Å².